The number of fused-ring (bicyclic) bond motifs is 1. The molecule has 3 aromatic rings. The van der Waals surface area contributed by atoms with Crippen LogP contribution in [0.1, 0.15) is 33.0 Å². The zero-order valence-corrected chi connectivity index (χ0v) is 15.6. The van der Waals surface area contributed by atoms with Gasteiger partial charge in [0.2, 0.25) is 5.88 Å². The van der Waals surface area contributed by atoms with Gasteiger partial charge in [0.1, 0.15) is 18.0 Å². The molecule has 0 fully saturated rings. The van der Waals surface area contributed by atoms with Crippen LogP contribution in [0.5, 0.6) is 5.88 Å². The third-order valence-electron chi connectivity index (χ3n) is 4.64. The van der Waals surface area contributed by atoms with Crippen LogP contribution in [0.2, 0.25) is 0 Å². The molecule has 2 aromatic heterocycles. The van der Waals surface area contributed by atoms with Gasteiger partial charge in [0, 0.05) is 24.8 Å². The smallest absolute Gasteiger partial charge is 0.272 e. The lowest BCUT2D eigenvalue weighted by molar-refractivity contribution is 0.0683. The lowest BCUT2D eigenvalue weighted by Crippen LogP contribution is -2.39. The summed E-state index contributed by atoms with van der Waals surface area (Å²) < 4.78 is 7.48. The van der Waals surface area contributed by atoms with E-state index in [4.69, 9.17) is 4.74 Å². The van der Waals surface area contributed by atoms with Crippen LogP contribution in [-0.4, -0.2) is 32.1 Å². The molecule has 1 aromatic carbocycles. The maximum absolute atomic E-state index is 12.8. The number of benzene rings is 1. The zero-order valence-electron chi connectivity index (χ0n) is 15.6. The quantitative estimate of drug-likeness (QED) is 0.700. The highest BCUT2D eigenvalue weighted by Crippen LogP contribution is 2.18. The maximum atomic E-state index is 12.8. The van der Waals surface area contributed by atoms with Crippen LogP contribution >= 0.6 is 0 Å². The minimum Gasteiger partial charge on any atom is -0.471 e. The Hall–Kier alpha value is -3.15. The molecule has 0 bridgehead atoms. The monoisotopic (exact) mass is 362 g/mol. The lowest BCUT2D eigenvalue weighted by Gasteiger charge is -2.27. The molecular formula is C21H22N4O2. The number of carbonyl (C=O) groups excluding carboxylic acids is 1. The first-order chi connectivity index (χ1) is 13.1. The first-order valence-electron chi connectivity index (χ1n) is 9.06. The van der Waals surface area contributed by atoms with Crippen molar-refractivity contribution >= 4 is 5.91 Å². The standard InChI is InChI=1S/C21H22N4O2/c1-15-6-8-17(9-7-15)13-24-10-11-25-19(21(24)26)12-18(23-25)14-27-20-5-3-4-16(2)22-20/h3-9,12H,10-11,13-14H2,1-2H3. The highest BCUT2D eigenvalue weighted by molar-refractivity contribution is 5.93. The Balaban J connectivity index is 1.44. The van der Waals surface area contributed by atoms with Crippen LogP contribution in [0.15, 0.2) is 48.5 Å². The number of carbonyl (C=O) groups is 1. The van der Waals surface area contributed by atoms with Gasteiger partial charge in [0.25, 0.3) is 5.91 Å². The van der Waals surface area contributed by atoms with Crippen LogP contribution in [0.25, 0.3) is 0 Å². The SMILES string of the molecule is Cc1ccc(CN2CCn3nc(COc4cccc(C)n4)cc3C2=O)cc1. The molecule has 0 spiro atoms. The maximum Gasteiger partial charge on any atom is 0.272 e. The van der Waals surface area contributed by atoms with Crippen molar-refractivity contribution in [2.75, 3.05) is 6.54 Å². The normalized spacial score (nSPS) is 13.6. The lowest BCUT2D eigenvalue weighted by atomic mass is 10.1. The molecule has 6 heteroatoms. The summed E-state index contributed by atoms with van der Waals surface area (Å²) in [6, 6.07) is 15.7. The van der Waals surface area contributed by atoms with E-state index in [1.807, 2.05) is 36.1 Å². The molecule has 0 unspecified atom stereocenters. The Kier molecular flexibility index (Phi) is 4.62. The summed E-state index contributed by atoms with van der Waals surface area (Å²) in [5, 5.41) is 4.51. The summed E-state index contributed by atoms with van der Waals surface area (Å²) in [6.45, 7) is 6.23. The number of hydrogen-bond donors (Lipinski definition) is 0. The van der Waals surface area contributed by atoms with Gasteiger partial charge < -0.3 is 9.64 Å². The third kappa shape index (κ3) is 3.84. The van der Waals surface area contributed by atoms with Crippen molar-refractivity contribution in [1.29, 1.82) is 0 Å². The van der Waals surface area contributed by atoms with Gasteiger partial charge in [0.05, 0.1) is 6.54 Å². The van der Waals surface area contributed by atoms with Crippen molar-refractivity contribution in [1.82, 2.24) is 19.7 Å². The Bertz CT molecular complexity index is 963. The molecule has 1 aliphatic heterocycles. The molecule has 0 saturated heterocycles. The van der Waals surface area contributed by atoms with Crippen LogP contribution in [0.3, 0.4) is 0 Å². The molecule has 138 valence electrons. The van der Waals surface area contributed by atoms with Crippen LogP contribution in [0.4, 0.5) is 0 Å². The summed E-state index contributed by atoms with van der Waals surface area (Å²) in [5.41, 5.74) is 4.60. The fraction of sp³-hybridized carbons (Fsp3) is 0.286. The van der Waals surface area contributed by atoms with Gasteiger partial charge in [-0.3, -0.25) is 9.48 Å². The van der Waals surface area contributed by atoms with Gasteiger partial charge in [-0.25, -0.2) is 4.98 Å². The first kappa shape index (κ1) is 17.3. The summed E-state index contributed by atoms with van der Waals surface area (Å²) in [4.78, 5) is 19.0. The predicted molar refractivity (Wildman–Crippen MR) is 101 cm³/mol. The Morgan fingerprint density at radius 1 is 1.07 bits per heavy atom. The van der Waals surface area contributed by atoms with Gasteiger partial charge in [-0.05, 0) is 31.5 Å². The van der Waals surface area contributed by atoms with E-state index in [0.29, 0.717) is 37.8 Å². The third-order valence-corrected chi connectivity index (χ3v) is 4.64. The number of amides is 1. The van der Waals surface area contributed by atoms with Crippen molar-refractivity contribution in [3.8, 4) is 5.88 Å². The molecule has 3 heterocycles. The minimum absolute atomic E-state index is 0.00857. The predicted octanol–water partition coefficient (Wildman–Crippen LogP) is 3.13. The number of ether oxygens (including phenoxy) is 1. The van der Waals surface area contributed by atoms with Crippen molar-refractivity contribution < 1.29 is 9.53 Å². The van der Waals surface area contributed by atoms with Crippen LogP contribution < -0.4 is 4.74 Å². The summed E-state index contributed by atoms with van der Waals surface area (Å²) >= 11 is 0. The van der Waals surface area contributed by atoms with Gasteiger partial charge in [-0.1, -0.05) is 35.9 Å². The number of aromatic nitrogens is 3. The Labute approximate surface area is 158 Å². The van der Waals surface area contributed by atoms with Crippen molar-refractivity contribution in [3.05, 3.63) is 76.7 Å². The molecule has 1 amide bonds. The van der Waals surface area contributed by atoms with E-state index in [9.17, 15) is 4.79 Å². The van der Waals surface area contributed by atoms with Gasteiger partial charge >= 0.3 is 0 Å². The fourth-order valence-corrected chi connectivity index (χ4v) is 3.17. The second-order valence-electron chi connectivity index (χ2n) is 6.86. The number of nitrogens with zero attached hydrogens (tertiary/aromatic N) is 4. The number of hydrogen-bond acceptors (Lipinski definition) is 4. The second-order valence-corrected chi connectivity index (χ2v) is 6.86. The fourth-order valence-electron chi connectivity index (χ4n) is 3.17. The molecule has 6 nitrogen and oxygen atoms in total. The average molecular weight is 362 g/mol. The molecule has 4 rings (SSSR count). The minimum atomic E-state index is 0.00857. The van der Waals surface area contributed by atoms with Crippen molar-refractivity contribution in [2.24, 2.45) is 0 Å². The molecule has 0 N–H and O–H groups in total. The topological polar surface area (TPSA) is 60.3 Å². The van der Waals surface area contributed by atoms with Crippen molar-refractivity contribution in [3.63, 3.8) is 0 Å². The van der Waals surface area contributed by atoms with Crippen LogP contribution in [-0.2, 0) is 19.7 Å². The molecule has 0 aliphatic carbocycles. The average Bonchev–Trinajstić information content (AvgIpc) is 3.08. The van der Waals surface area contributed by atoms with Gasteiger partial charge in [-0.2, -0.15) is 5.10 Å². The largest absolute Gasteiger partial charge is 0.471 e. The van der Waals surface area contributed by atoms with E-state index < -0.39 is 0 Å². The number of pyridine rings is 1. The van der Waals surface area contributed by atoms with E-state index in [1.54, 1.807) is 4.68 Å². The van der Waals surface area contributed by atoms with E-state index in [1.165, 1.54) is 5.56 Å². The molecule has 27 heavy (non-hydrogen) atoms. The molecule has 0 saturated carbocycles. The van der Waals surface area contributed by atoms with Gasteiger partial charge in [-0.15, -0.1) is 0 Å². The highest BCUT2D eigenvalue weighted by atomic mass is 16.5. The zero-order chi connectivity index (χ0) is 18.8. The van der Waals surface area contributed by atoms with Crippen molar-refractivity contribution in [2.45, 2.75) is 33.5 Å². The summed E-state index contributed by atoms with van der Waals surface area (Å²) in [7, 11) is 0. The van der Waals surface area contributed by atoms with Gasteiger partial charge in [0.15, 0.2) is 0 Å². The summed E-state index contributed by atoms with van der Waals surface area (Å²) in [5.74, 6) is 0.572. The molecule has 0 radical (unpaired) electrons. The van der Waals surface area contributed by atoms with E-state index in [2.05, 4.69) is 41.3 Å². The summed E-state index contributed by atoms with van der Waals surface area (Å²) in [6.07, 6.45) is 0. The van der Waals surface area contributed by atoms with E-state index >= 15 is 0 Å². The molecule has 0 atom stereocenters. The second kappa shape index (κ2) is 7.23. The Morgan fingerprint density at radius 3 is 2.67 bits per heavy atom. The molecular weight excluding hydrogens is 340 g/mol. The van der Waals surface area contributed by atoms with Crippen LogP contribution in [0, 0.1) is 13.8 Å². The number of rotatable bonds is 5. The Morgan fingerprint density at radius 2 is 1.89 bits per heavy atom. The molecule has 1 aliphatic rings. The van der Waals surface area contributed by atoms with E-state index in [-0.39, 0.29) is 5.91 Å². The highest BCUT2D eigenvalue weighted by Gasteiger charge is 2.26. The number of aryl methyl sites for hydroxylation is 2. The van der Waals surface area contributed by atoms with E-state index in [0.717, 1.165) is 17.0 Å². The first-order valence-corrected chi connectivity index (χ1v) is 9.06.